The summed E-state index contributed by atoms with van der Waals surface area (Å²) in [6.45, 7) is 3.03. The van der Waals surface area contributed by atoms with E-state index in [2.05, 4.69) is 50.3 Å². The van der Waals surface area contributed by atoms with Crippen LogP contribution in [0, 0.1) is 0 Å². The third kappa shape index (κ3) is 3.08. The molecule has 0 fully saturated rings. The molecule has 3 aromatic rings. The predicted molar refractivity (Wildman–Crippen MR) is 81.5 cm³/mol. The minimum absolute atomic E-state index is 0.926. The Morgan fingerprint density at radius 3 is 3.05 bits per heavy atom. The summed E-state index contributed by atoms with van der Waals surface area (Å²) in [5, 5.41) is 4.83. The number of hydrogen-bond acceptors (Lipinski definition) is 2. The normalized spacial score (nSPS) is 11.2. The van der Waals surface area contributed by atoms with Crippen LogP contribution in [0.1, 0.15) is 18.4 Å². The van der Waals surface area contributed by atoms with Gasteiger partial charge in [-0.1, -0.05) is 18.2 Å². The predicted octanol–water partition coefficient (Wildman–Crippen LogP) is 2.93. The Hall–Kier alpha value is -2.07. The molecule has 0 radical (unpaired) electrons. The number of para-hydroxylation sites is 1. The van der Waals surface area contributed by atoms with Crippen LogP contribution < -0.4 is 5.32 Å². The molecule has 20 heavy (non-hydrogen) atoms. The van der Waals surface area contributed by atoms with Crippen LogP contribution in [0.2, 0.25) is 0 Å². The molecule has 0 spiro atoms. The largest absolute Gasteiger partial charge is 0.361 e. The Bertz CT molecular complexity index is 639. The molecule has 4 nitrogen and oxygen atoms in total. The van der Waals surface area contributed by atoms with Crippen LogP contribution in [0.15, 0.2) is 49.2 Å². The number of fused-ring (bicyclic) bond motifs is 1. The van der Waals surface area contributed by atoms with Crippen LogP contribution in [-0.4, -0.2) is 21.1 Å². The summed E-state index contributed by atoms with van der Waals surface area (Å²) < 4.78 is 2.12. The Labute approximate surface area is 118 Å². The van der Waals surface area contributed by atoms with E-state index in [1.54, 1.807) is 0 Å². The van der Waals surface area contributed by atoms with E-state index in [1.807, 2.05) is 18.7 Å². The van der Waals surface area contributed by atoms with Gasteiger partial charge in [0.25, 0.3) is 0 Å². The van der Waals surface area contributed by atoms with Crippen molar-refractivity contribution in [1.82, 2.24) is 19.9 Å². The molecule has 0 aliphatic carbocycles. The number of nitrogens with one attached hydrogen (secondary N) is 2. The molecule has 2 heterocycles. The van der Waals surface area contributed by atoms with Crippen LogP contribution in [0.4, 0.5) is 0 Å². The summed E-state index contributed by atoms with van der Waals surface area (Å²) in [4.78, 5) is 7.35. The van der Waals surface area contributed by atoms with Crippen molar-refractivity contribution >= 4 is 10.9 Å². The Balaban J connectivity index is 1.39. The average Bonchev–Trinajstić information content (AvgIpc) is 3.12. The number of aromatic nitrogens is 3. The number of nitrogens with zero attached hydrogens (tertiary/aromatic N) is 2. The zero-order valence-corrected chi connectivity index (χ0v) is 11.5. The van der Waals surface area contributed by atoms with Gasteiger partial charge >= 0.3 is 0 Å². The lowest BCUT2D eigenvalue weighted by Crippen LogP contribution is -2.14. The number of benzene rings is 1. The first-order valence-corrected chi connectivity index (χ1v) is 7.15. The maximum atomic E-state index is 4.04. The van der Waals surface area contributed by atoms with Gasteiger partial charge in [-0.25, -0.2) is 4.98 Å². The van der Waals surface area contributed by atoms with Crippen molar-refractivity contribution in [3.63, 3.8) is 0 Å². The van der Waals surface area contributed by atoms with Crippen LogP contribution in [0.25, 0.3) is 10.9 Å². The Morgan fingerprint density at radius 2 is 2.15 bits per heavy atom. The van der Waals surface area contributed by atoms with E-state index in [0.717, 1.165) is 19.6 Å². The fourth-order valence-corrected chi connectivity index (χ4v) is 2.46. The quantitative estimate of drug-likeness (QED) is 0.647. The molecular weight excluding hydrogens is 248 g/mol. The zero-order valence-electron chi connectivity index (χ0n) is 11.5. The summed E-state index contributed by atoms with van der Waals surface area (Å²) in [7, 11) is 0. The molecule has 0 atom stereocenters. The fraction of sp³-hybridized carbons (Fsp3) is 0.312. The molecule has 0 bridgehead atoms. The van der Waals surface area contributed by atoms with Crippen molar-refractivity contribution < 1.29 is 0 Å². The van der Waals surface area contributed by atoms with E-state index >= 15 is 0 Å². The molecule has 0 saturated carbocycles. The van der Waals surface area contributed by atoms with Gasteiger partial charge in [0.1, 0.15) is 0 Å². The fourth-order valence-electron chi connectivity index (χ4n) is 2.46. The molecule has 2 N–H and O–H groups in total. The SMILES string of the molecule is c1ccc2c(CNCCCCn3ccnc3)c[nH]c2c1. The summed E-state index contributed by atoms with van der Waals surface area (Å²) in [5.41, 5.74) is 2.56. The van der Waals surface area contributed by atoms with Crippen LogP contribution in [0.5, 0.6) is 0 Å². The highest BCUT2D eigenvalue weighted by Gasteiger charge is 2.01. The van der Waals surface area contributed by atoms with Crippen LogP contribution in [-0.2, 0) is 13.1 Å². The van der Waals surface area contributed by atoms with Crippen LogP contribution >= 0.6 is 0 Å². The van der Waals surface area contributed by atoms with Crippen molar-refractivity contribution in [2.75, 3.05) is 6.54 Å². The van der Waals surface area contributed by atoms with E-state index in [-0.39, 0.29) is 0 Å². The summed E-state index contributed by atoms with van der Waals surface area (Å²) in [6.07, 6.45) is 10.2. The van der Waals surface area contributed by atoms with Gasteiger partial charge in [-0.3, -0.25) is 0 Å². The van der Waals surface area contributed by atoms with E-state index in [4.69, 9.17) is 0 Å². The second-order valence-corrected chi connectivity index (χ2v) is 5.04. The first-order chi connectivity index (χ1) is 9.93. The van der Waals surface area contributed by atoms with Gasteiger partial charge < -0.3 is 14.9 Å². The smallest absolute Gasteiger partial charge is 0.0945 e. The number of imidazole rings is 1. The number of H-pyrrole nitrogens is 1. The lowest BCUT2D eigenvalue weighted by molar-refractivity contribution is 0.569. The highest BCUT2D eigenvalue weighted by atomic mass is 15.0. The maximum Gasteiger partial charge on any atom is 0.0945 e. The Morgan fingerprint density at radius 1 is 1.20 bits per heavy atom. The summed E-state index contributed by atoms with van der Waals surface area (Å²) in [6, 6.07) is 8.43. The van der Waals surface area contributed by atoms with E-state index in [0.29, 0.717) is 0 Å². The van der Waals surface area contributed by atoms with Gasteiger partial charge in [0, 0.05) is 42.6 Å². The number of unbranched alkanes of at least 4 members (excludes halogenated alkanes) is 1. The molecule has 104 valence electrons. The lowest BCUT2D eigenvalue weighted by Gasteiger charge is -2.05. The molecule has 0 aliphatic heterocycles. The van der Waals surface area contributed by atoms with E-state index in [9.17, 15) is 0 Å². The molecular formula is C16H20N4. The van der Waals surface area contributed by atoms with Gasteiger partial charge in [0.2, 0.25) is 0 Å². The van der Waals surface area contributed by atoms with E-state index < -0.39 is 0 Å². The molecule has 3 rings (SSSR count). The van der Waals surface area contributed by atoms with Crippen LogP contribution in [0.3, 0.4) is 0 Å². The van der Waals surface area contributed by atoms with Crippen molar-refractivity contribution in [2.45, 2.75) is 25.9 Å². The highest BCUT2D eigenvalue weighted by molar-refractivity contribution is 5.82. The van der Waals surface area contributed by atoms with Gasteiger partial charge in [0.15, 0.2) is 0 Å². The molecule has 0 saturated heterocycles. The summed E-state index contributed by atoms with van der Waals surface area (Å²) in [5.74, 6) is 0. The second kappa shape index (κ2) is 6.39. The minimum atomic E-state index is 0.926. The van der Waals surface area contributed by atoms with Crippen molar-refractivity contribution in [2.24, 2.45) is 0 Å². The zero-order chi connectivity index (χ0) is 13.6. The maximum absolute atomic E-state index is 4.04. The third-order valence-electron chi connectivity index (χ3n) is 3.57. The monoisotopic (exact) mass is 268 g/mol. The van der Waals surface area contributed by atoms with Gasteiger partial charge in [0.05, 0.1) is 6.33 Å². The topological polar surface area (TPSA) is 45.6 Å². The number of rotatable bonds is 7. The average molecular weight is 268 g/mol. The summed E-state index contributed by atoms with van der Waals surface area (Å²) >= 11 is 0. The van der Waals surface area contributed by atoms with Gasteiger partial charge in [-0.15, -0.1) is 0 Å². The number of hydrogen-bond donors (Lipinski definition) is 2. The molecule has 0 amide bonds. The molecule has 1 aromatic carbocycles. The van der Waals surface area contributed by atoms with Crippen molar-refractivity contribution in [3.05, 3.63) is 54.7 Å². The van der Waals surface area contributed by atoms with Crippen molar-refractivity contribution in [3.8, 4) is 0 Å². The number of aromatic amines is 1. The van der Waals surface area contributed by atoms with E-state index in [1.165, 1.54) is 29.3 Å². The van der Waals surface area contributed by atoms with Gasteiger partial charge in [-0.2, -0.15) is 0 Å². The standard InChI is InChI=1S/C16H20N4/c1-2-6-16-15(5-1)14(12-19-16)11-17-7-3-4-9-20-10-8-18-13-20/h1-2,5-6,8,10,12-13,17,19H,3-4,7,9,11H2. The first-order valence-electron chi connectivity index (χ1n) is 7.15. The first kappa shape index (κ1) is 12.9. The second-order valence-electron chi connectivity index (χ2n) is 5.04. The molecule has 0 unspecified atom stereocenters. The number of aryl methyl sites for hydroxylation is 1. The molecule has 4 heteroatoms. The highest BCUT2D eigenvalue weighted by Crippen LogP contribution is 2.17. The third-order valence-corrected chi connectivity index (χ3v) is 3.57. The molecule has 2 aromatic heterocycles. The lowest BCUT2D eigenvalue weighted by atomic mass is 10.2. The minimum Gasteiger partial charge on any atom is -0.361 e. The molecule has 0 aliphatic rings. The van der Waals surface area contributed by atoms with Crippen molar-refractivity contribution in [1.29, 1.82) is 0 Å². The van der Waals surface area contributed by atoms with Gasteiger partial charge in [-0.05, 0) is 31.0 Å². The Kier molecular flexibility index (Phi) is 4.13.